The van der Waals surface area contributed by atoms with Crippen LogP contribution in [0.3, 0.4) is 0 Å². The highest BCUT2D eigenvalue weighted by atomic mass is 32.1. The predicted molar refractivity (Wildman–Crippen MR) is 69.3 cm³/mol. The molecule has 6 heteroatoms. The molecule has 1 aromatic carbocycles. The van der Waals surface area contributed by atoms with Crippen LogP contribution in [0.5, 0.6) is 0 Å². The van der Waals surface area contributed by atoms with Crippen molar-refractivity contribution in [3.05, 3.63) is 35.4 Å². The van der Waals surface area contributed by atoms with E-state index in [1.807, 2.05) is 0 Å². The molecule has 0 saturated carbocycles. The molecule has 0 aliphatic carbocycles. The maximum atomic E-state index is 12.3. The molecular weight excluding hydrogens is 261 g/mol. The quantitative estimate of drug-likeness (QED) is 0.838. The first kappa shape index (κ1) is 14.9. The Bertz CT molecular complexity index is 401. The van der Waals surface area contributed by atoms with E-state index in [9.17, 15) is 13.2 Å². The zero-order valence-electron chi connectivity index (χ0n) is 10.00. The van der Waals surface area contributed by atoms with Gasteiger partial charge in [-0.3, -0.25) is 4.90 Å². The number of alkyl halides is 3. The van der Waals surface area contributed by atoms with Gasteiger partial charge in [-0.1, -0.05) is 43.4 Å². The van der Waals surface area contributed by atoms with Crippen molar-refractivity contribution in [2.24, 2.45) is 5.73 Å². The fraction of sp³-hybridized carbons (Fsp3) is 0.417. The Morgan fingerprint density at radius 2 is 1.83 bits per heavy atom. The van der Waals surface area contributed by atoms with Crippen LogP contribution >= 0.6 is 12.2 Å². The lowest BCUT2D eigenvalue weighted by Gasteiger charge is -2.21. The van der Waals surface area contributed by atoms with Crippen molar-refractivity contribution in [1.82, 2.24) is 4.90 Å². The zero-order chi connectivity index (χ0) is 13.8. The van der Waals surface area contributed by atoms with E-state index in [0.29, 0.717) is 12.1 Å². The number of rotatable bonds is 5. The van der Waals surface area contributed by atoms with Crippen molar-refractivity contribution in [2.45, 2.75) is 19.6 Å². The first-order valence-electron chi connectivity index (χ1n) is 5.49. The summed E-state index contributed by atoms with van der Waals surface area (Å²) in [7, 11) is 0. The van der Waals surface area contributed by atoms with E-state index in [0.717, 1.165) is 5.56 Å². The number of thiocarbonyl (C=S) groups is 1. The molecule has 0 saturated heterocycles. The molecule has 0 unspecified atom stereocenters. The van der Waals surface area contributed by atoms with Crippen LogP contribution in [0, 0.1) is 0 Å². The van der Waals surface area contributed by atoms with Crippen LogP contribution < -0.4 is 5.73 Å². The summed E-state index contributed by atoms with van der Waals surface area (Å²) >= 11 is 4.81. The normalized spacial score (nSPS) is 11.8. The van der Waals surface area contributed by atoms with Gasteiger partial charge in [0.15, 0.2) is 0 Å². The molecule has 0 aliphatic heterocycles. The fourth-order valence-corrected chi connectivity index (χ4v) is 1.70. The second-order valence-electron chi connectivity index (χ2n) is 3.98. The lowest BCUT2D eigenvalue weighted by atomic mass is 10.1. The summed E-state index contributed by atoms with van der Waals surface area (Å²) in [6, 6.07) is 6.93. The second kappa shape index (κ2) is 6.15. The number of nitrogens with zero attached hydrogens (tertiary/aromatic N) is 1. The minimum Gasteiger partial charge on any atom is -0.389 e. The van der Waals surface area contributed by atoms with Crippen molar-refractivity contribution in [2.75, 3.05) is 13.1 Å². The molecule has 0 heterocycles. The SMILES string of the molecule is CCN(Cc1ccc(C(N)=S)cc1)CC(F)(F)F. The molecule has 0 atom stereocenters. The van der Waals surface area contributed by atoms with E-state index in [1.54, 1.807) is 31.2 Å². The molecule has 1 aromatic rings. The largest absolute Gasteiger partial charge is 0.401 e. The topological polar surface area (TPSA) is 29.3 Å². The number of halogens is 3. The van der Waals surface area contributed by atoms with Gasteiger partial charge in [0.25, 0.3) is 0 Å². The molecule has 100 valence electrons. The van der Waals surface area contributed by atoms with Crippen molar-refractivity contribution in [3.8, 4) is 0 Å². The molecule has 0 fully saturated rings. The molecule has 0 amide bonds. The number of nitrogens with two attached hydrogens (primary N) is 1. The molecule has 0 bridgehead atoms. The van der Waals surface area contributed by atoms with E-state index in [2.05, 4.69) is 0 Å². The first-order valence-corrected chi connectivity index (χ1v) is 5.90. The summed E-state index contributed by atoms with van der Waals surface area (Å²) in [5.41, 5.74) is 6.97. The van der Waals surface area contributed by atoms with Crippen LogP contribution in [0.15, 0.2) is 24.3 Å². The molecule has 18 heavy (non-hydrogen) atoms. The van der Waals surface area contributed by atoms with Gasteiger partial charge in [-0.15, -0.1) is 0 Å². The Kier molecular flexibility index (Phi) is 5.10. The number of benzene rings is 1. The molecule has 2 N–H and O–H groups in total. The van der Waals surface area contributed by atoms with Gasteiger partial charge in [-0.25, -0.2) is 0 Å². The Morgan fingerprint density at radius 1 is 1.28 bits per heavy atom. The van der Waals surface area contributed by atoms with E-state index >= 15 is 0 Å². The minimum absolute atomic E-state index is 0.258. The van der Waals surface area contributed by atoms with Crippen molar-refractivity contribution < 1.29 is 13.2 Å². The monoisotopic (exact) mass is 276 g/mol. The average molecular weight is 276 g/mol. The molecule has 1 rings (SSSR count). The highest BCUT2D eigenvalue weighted by Gasteiger charge is 2.29. The van der Waals surface area contributed by atoms with Gasteiger partial charge in [0.1, 0.15) is 4.99 Å². The van der Waals surface area contributed by atoms with Gasteiger partial charge < -0.3 is 5.73 Å². The Balaban J connectivity index is 2.67. The molecule has 0 aliphatic rings. The maximum absolute atomic E-state index is 12.3. The van der Waals surface area contributed by atoms with Gasteiger partial charge >= 0.3 is 6.18 Å². The summed E-state index contributed by atoms with van der Waals surface area (Å²) in [4.78, 5) is 1.61. The summed E-state index contributed by atoms with van der Waals surface area (Å²) in [5.74, 6) is 0. The van der Waals surface area contributed by atoms with Crippen LogP contribution in [0.4, 0.5) is 13.2 Å². The third-order valence-corrected chi connectivity index (χ3v) is 2.73. The van der Waals surface area contributed by atoms with Gasteiger partial charge in [-0.05, 0) is 12.1 Å². The highest BCUT2D eigenvalue weighted by molar-refractivity contribution is 7.80. The molecular formula is C12H15F3N2S. The van der Waals surface area contributed by atoms with E-state index in [-0.39, 0.29) is 11.5 Å². The van der Waals surface area contributed by atoms with Gasteiger partial charge in [0, 0.05) is 12.1 Å². The second-order valence-corrected chi connectivity index (χ2v) is 4.42. The van der Waals surface area contributed by atoms with Crippen molar-refractivity contribution in [1.29, 1.82) is 0 Å². The molecule has 0 aromatic heterocycles. The fourth-order valence-electron chi connectivity index (χ4n) is 1.57. The zero-order valence-corrected chi connectivity index (χ0v) is 10.8. The van der Waals surface area contributed by atoms with E-state index < -0.39 is 12.7 Å². The van der Waals surface area contributed by atoms with Crippen molar-refractivity contribution >= 4 is 17.2 Å². The molecule has 0 radical (unpaired) electrons. The van der Waals surface area contributed by atoms with Crippen LogP contribution in [-0.2, 0) is 6.54 Å². The van der Waals surface area contributed by atoms with E-state index in [4.69, 9.17) is 18.0 Å². The van der Waals surface area contributed by atoms with Crippen LogP contribution in [0.1, 0.15) is 18.1 Å². The maximum Gasteiger partial charge on any atom is 0.401 e. The minimum atomic E-state index is -4.17. The summed E-state index contributed by atoms with van der Waals surface area (Å²) in [5, 5.41) is 0. The predicted octanol–water partition coefficient (Wildman–Crippen LogP) is 2.71. The Labute approximate surface area is 110 Å². The van der Waals surface area contributed by atoms with Gasteiger partial charge in [-0.2, -0.15) is 13.2 Å². The van der Waals surface area contributed by atoms with E-state index in [1.165, 1.54) is 4.90 Å². The lowest BCUT2D eigenvalue weighted by Crippen LogP contribution is -2.33. The van der Waals surface area contributed by atoms with Gasteiger partial charge in [0.2, 0.25) is 0 Å². The third-order valence-electron chi connectivity index (χ3n) is 2.49. The van der Waals surface area contributed by atoms with Crippen molar-refractivity contribution in [3.63, 3.8) is 0 Å². The summed E-state index contributed by atoms with van der Waals surface area (Å²) in [6.45, 7) is 1.40. The van der Waals surface area contributed by atoms with Gasteiger partial charge in [0.05, 0.1) is 6.54 Å². The standard InChI is InChI=1S/C12H15F3N2S/c1-2-17(8-12(13,14)15)7-9-3-5-10(6-4-9)11(16)18/h3-6H,2,7-8H2,1H3,(H2,16,18). The third kappa shape index (κ3) is 5.01. The molecule has 2 nitrogen and oxygen atoms in total. The summed E-state index contributed by atoms with van der Waals surface area (Å²) in [6.07, 6.45) is -4.17. The first-order chi connectivity index (χ1) is 8.31. The number of hydrogen-bond donors (Lipinski definition) is 1. The average Bonchev–Trinajstić information content (AvgIpc) is 2.27. The smallest absolute Gasteiger partial charge is 0.389 e. The highest BCUT2D eigenvalue weighted by Crippen LogP contribution is 2.18. The van der Waals surface area contributed by atoms with Crippen LogP contribution in [-0.4, -0.2) is 29.2 Å². The Hall–Kier alpha value is -1.14. The molecule has 0 spiro atoms. The number of hydrogen-bond acceptors (Lipinski definition) is 2. The summed E-state index contributed by atoms with van der Waals surface area (Å²) < 4.78 is 36.9. The van der Waals surface area contributed by atoms with Crippen LogP contribution in [0.2, 0.25) is 0 Å². The Morgan fingerprint density at radius 3 is 2.22 bits per heavy atom. The van der Waals surface area contributed by atoms with Crippen LogP contribution in [0.25, 0.3) is 0 Å². The lowest BCUT2D eigenvalue weighted by molar-refractivity contribution is -0.146.